The van der Waals surface area contributed by atoms with E-state index in [0.29, 0.717) is 0 Å². The van der Waals surface area contributed by atoms with E-state index in [2.05, 4.69) is 23.8 Å². The van der Waals surface area contributed by atoms with Gasteiger partial charge < -0.3 is 0 Å². The van der Waals surface area contributed by atoms with E-state index in [4.69, 9.17) is 0 Å². The summed E-state index contributed by atoms with van der Waals surface area (Å²) in [5.74, 6) is 0.792. The number of nitrogens with zero attached hydrogens (tertiary/aromatic N) is 2. The Morgan fingerprint density at radius 1 is 1.64 bits per heavy atom. The second-order valence-corrected chi connectivity index (χ2v) is 2.67. The molecule has 2 nitrogen and oxygen atoms in total. The number of aromatic nitrogens is 2. The minimum absolute atomic E-state index is 0.792. The van der Waals surface area contributed by atoms with E-state index in [1.165, 1.54) is 5.69 Å². The highest BCUT2D eigenvalue weighted by atomic mass is 32.1. The van der Waals surface area contributed by atoms with Crippen molar-refractivity contribution in [3.05, 3.63) is 30.1 Å². The summed E-state index contributed by atoms with van der Waals surface area (Å²) < 4.78 is 1.94. The molecule has 0 aromatic carbocycles. The van der Waals surface area contributed by atoms with Gasteiger partial charge in [-0.1, -0.05) is 12.2 Å². The topological polar surface area (TPSA) is 17.8 Å². The van der Waals surface area contributed by atoms with Crippen LogP contribution in [0.1, 0.15) is 5.69 Å². The fourth-order valence-corrected chi connectivity index (χ4v) is 0.988. The molecule has 11 heavy (non-hydrogen) atoms. The van der Waals surface area contributed by atoms with Crippen molar-refractivity contribution in [3.63, 3.8) is 0 Å². The third-order valence-corrected chi connectivity index (χ3v) is 1.69. The summed E-state index contributed by atoms with van der Waals surface area (Å²) in [5.41, 5.74) is 1.19. The highest BCUT2D eigenvalue weighted by Crippen LogP contribution is 1.95. The fraction of sp³-hybridized carbons (Fsp3) is 0.375. The molecule has 0 unspecified atom stereocenters. The molecule has 0 radical (unpaired) electrons. The molecule has 0 aliphatic carbocycles. The average Bonchev–Trinajstić information content (AvgIpc) is 2.37. The third-order valence-electron chi connectivity index (χ3n) is 1.48. The van der Waals surface area contributed by atoms with Gasteiger partial charge in [0.1, 0.15) is 0 Å². The van der Waals surface area contributed by atoms with Crippen LogP contribution in [0.15, 0.2) is 24.4 Å². The number of allylic oxidation sites excluding steroid dienone is 1. The Morgan fingerprint density at radius 3 is 3.00 bits per heavy atom. The molecule has 3 heteroatoms. The van der Waals surface area contributed by atoms with Gasteiger partial charge in [-0.15, -0.1) is 0 Å². The van der Waals surface area contributed by atoms with E-state index in [0.717, 1.165) is 12.3 Å². The predicted octanol–water partition coefficient (Wildman–Crippen LogP) is 1.68. The van der Waals surface area contributed by atoms with E-state index in [1.807, 2.05) is 29.9 Å². The van der Waals surface area contributed by atoms with Gasteiger partial charge in [0.2, 0.25) is 0 Å². The van der Waals surface area contributed by atoms with Crippen molar-refractivity contribution in [2.24, 2.45) is 0 Å². The largest absolute Gasteiger partial charge is 0.266 e. The van der Waals surface area contributed by atoms with Gasteiger partial charge in [-0.3, -0.25) is 4.68 Å². The molecule has 0 aliphatic rings. The zero-order valence-electron chi connectivity index (χ0n) is 6.57. The predicted molar refractivity (Wildman–Crippen MR) is 50.0 cm³/mol. The summed E-state index contributed by atoms with van der Waals surface area (Å²) >= 11 is 4.06. The summed E-state index contributed by atoms with van der Waals surface area (Å²) in [6, 6.07) is 1.99. The smallest absolute Gasteiger partial charge is 0.0593 e. The maximum atomic E-state index is 4.13. The van der Waals surface area contributed by atoms with Gasteiger partial charge in [0.15, 0.2) is 0 Å². The summed E-state index contributed by atoms with van der Waals surface area (Å²) in [6.07, 6.45) is 5.89. The normalized spacial score (nSPS) is 11.1. The lowest BCUT2D eigenvalue weighted by Gasteiger charge is -1.97. The Morgan fingerprint density at radius 2 is 2.45 bits per heavy atom. The molecule has 0 amide bonds. The van der Waals surface area contributed by atoms with Crippen LogP contribution in [0.25, 0.3) is 0 Å². The molecule has 1 aromatic rings. The number of hydrogen-bond donors (Lipinski definition) is 1. The number of thiol groups is 1. The zero-order valence-corrected chi connectivity index (χ0v) is 7.46. The van der Waals surface area contributed by atoms with E-state index in [9.17, 15) is 0 Å². The van der Waals surface area contributed by atoms with E-state index in [-0.39, 0.29) is 0 Å². The van der Waals surface area contributed by atoms with Gasteiger partial charge in [0, 0.05) is 17.6 Å². The van der Waals surface area contributed by atoms with E-state index in [1.54, 1.807) is 0 Å². The molecule has 0 saturated carbocycles. The lowest BCUT2D eigenvalue weighted by molar-refractivity contribution is 0.678. The standard InChI is InChI=1S/C8H12N2S/c1-8-4-5-9-10(8)6-2-3-7-11/h2-5,11H,6-7H2,1H3. The first kappa shape index (κ1) is 8.40. The summed E-state index contributed by atoms with van der Waals surface area (Å²) in [6.45, 7) is 2.89. The van der Waals surface area contributed by atoms with Crippen LogP contribution in [0.5, 0.6) is 0 Å². The summed E-state index contributed by atoms with van der Waals surface area (Å²) in [4.78, 5) is 0. The van der Waals surface area contributed by atoms with Crippen molar-refractivity contribution in [1.82, 2.24) is 9.78 Å². The molecule has 1 heterocycles. The van der Waals surface area contributed by atoms with Crippen LogP contribution in [0.2, 0.25) is 0 Å². The minimum atomic E-state index is 0.792. The van der Waals surface area contributed by atoms with Crippen LogP contribution in [0, 0.1) is 6.92 Å². The second kappa shape index (κ2) is 4.23. The summed E-state index contributed by atoms with van der Waals surface area (Å²) in [7, 11) is 0. The van der Waals surface area contributed by atoms with Gasteiger partial charge >= 0.3 is 0 Å². The van der Waals surface area contributed by atoms with E-state index < -0.39 is 0 Å². The lowest BCUT2D eigenvalue weighted by atomic mass is 10.4. The highest BCUT2D eigenvalue weighted by molar-refractivity contribution is 7.80. The van der Waals surface area contributed by atoms with E-state index >= 15 is 0 Å². The summed E-state index contributed by atoms with van der Waals surface area (Å²) in [5, 5.41) is 4.13. The second-order valence-electron chi connectivity index (χ2n) is 2.31. The molecule has 0 aliphatic heterocycles. The van der Waals surface area contributed by atoms with Crippen LogP contribution in [0.3, 0.4) is 0 Å². The molecular formula is C8H12N2S. The molecule has 0 N–H and O–H groups in total. The number of rotatable bonds is 3. The molecule has 0 fully saturated rings. The zero-order chi connectivity index (χ0) is 8.10. The molecule has 0 atom stereocenters. The molecule has 0 saturated heterocycles. The quantitative estimate of drug-likeness (QED) is 0.537. The Bertz CT molecular complexity index is 240. The van der Waals surface area contributed by atoms with Gasteiger partial charge in [-0.05, 0) is 13.0 Å². The molecule has 60 valence electrons. The molecule has 1 rings (SSSR count). The third kappa shape index (κ3) is 2.42. The Kier molecular flexibility index (Phi) is 3.23. The molecule has 0 bridgehead atoms. The number of aryl methyl sites for hydroxylation is 1. The van der Waals surface area contributed by atoms with Crippen molar-refractivity contribution in [2.45, 2.75) is 13.5 Å². The number of hydrogen-bond acceptors (Lipinski definition) is 2. The Labute approximate surface area is 72.3 Å². The Hall–Kier alpha value is -0.700. The van der Waals surface area contributed by atoms with Gasteiger partial charge in [-0.2, -0.15) is 17.7 Å². The maximum absolute atomic E-state index is 4.13. The SMILES string of the molecule is Cc1ccnn1CC=CCS. The molecule has 0 spiro atoms. The Balaban J connectivity index is 2.50. The lowest BCUT2D eigenvalue weighted by Crippen LogP contribution is -1.98. The van der Waals surface area contributed by atoms with Crippen LogP contribution in [-0.4, -0.2) is 15.5 Å². The average molecular weight is 168 g/mol. The van der Waals surface area contributed by atoms with Crippen molar-refractivity contribution >= 4 is 12.6 Å². The van der Waals surface area contributed by atoms with Crippen LogP contribution >= 0.6 is 12.6 Å². The first-order chi connectivity index (χ1) is 5.34. The van der Waals surface area contributed by atoms with Crippen LogP contribution < -0.4 is 0 Å². The van der Waals surface area contributed by atoms with Crippen molar-refractivity contribution < 1.29 is 0 Å². The fourth-order valence-electron chi connectivity index (χ4n) is 0.839. The monoisotopic (exact) mass is 168 g/mol. The molecule has 1 aromatic heterocycles. The van der Waals surface area contributed by atoms with Gasteiger partial charge in [0.05, 0.1) is 6.54 Å². The van der Waals surface area contributed by atoms with Crippen molar-refractivity contribution in [1.29, 1.82) is 0 Å². The van der Waals surface area contributed by atoms with Crippen LogP contribution in [0.4, 0.5) is 0 Å². The minimum Gasteiger partial charge on any atom is -0.266 e. The van der Waals surface area contributed by atoms with Crippen molar-refractivity contribution in [2.75, 3.05) is 5.75 Å². The van der Waals surface area contributed by atoms with Crippen molar-refractivity contribution in [3.8, 4) is 0 Å². The maximum Gasteiger partial charge on any atom is 0.0593 e. The van der Waals surface area contributed by atoms with Crippen LogP contribution in [-0.2, 0) is 6.54 Å². The van der Waals surface area contributed by atoms with Gasteiger partial charge in [0.25, 0.3) is 0 Å². The first-order valence-electron chi connectivity index (χ1n) is 3.59. The molecular weight excluding hydrogens is 156 g/mol. The van der Waals surface area contributed by atoms with Gasteiger partial charge in [-0.25, -0.2) is 0 Å². The first-order valence-corrected chi connectivity index (χ1v) is 4.22. The highest BCUT2D eigenvalue weighted by Gasteiger charge is 1.90.